The predicted octanol–water partition coefficient (Wildman–Crippen LogP) is 2.04. The summed E-state index contributed by atoms with van der Waals surface area (Å²) in [6.07, 6.45) is 0. The molecule has 0 saturated heterocycles. The van der Waals surface area contributed by atoms with Crippen LogP contribution in [-0.2, 0) is 0 Å². The van der Waals surface area contributed by atoms with Gasteiger partial charge in [-0.05, 0) is 19.4 Å². The molecule has 0 aliphatic heterocycles. The van der Waals surface area contributed by atoms with Gasteiger partial charge in [0.05, 0.1) is 4.92 Å². The summed E-state index contributed by atoms with van der Waals surface area (Å²) in [5, 5.41) is 22.8. The summed E-state index contributed by atoms with van der Waals surface area (Å²) in [6.45, 7) is 4.38. The molecule has 0 unspecified atom stereocenters. The van der Waals surface area contributed by atoms with Crippen LogP contribution in [0.15, 0.2) is 12.1 Å². The highest BCUT2D eigenvalue weighted by Gasteiger charge is 2.15. The highest BCUT2D eigenvalue weighted by molar-refractivity contribution is 5.62. The molecule has 0 aliphatic rings. The SMILES string of the molecule is CCNc1cc(O)c([N+](=O)[O-])cc1C. The maximum Gasteiger partial charge on any atom is 0.311 e. The van der Waals surface area contributed by atoms with Gasteiger partial charge in [0.15, 0.2) is 5.75 Å². The van der Waals surface area contributed by atoms with Gasteiger partial charge in [-0.25, -0.2) is 0 Å². The molecule has 0 spiro atoms. The first-order valence-corrected chi connectivity index (χ1v) is 4.28. The minimum atomic E-state index is -0.599. The Balaban J connectivity index is 3.17. The van der Waals surface area contributed by atoms with Gasteiger partial charge in [0.2, 0.25) is 0 Å². The van der Waals surface area contributed by atoms with Crippen LogP contribution < -0.4 is 5.32 Å². The smallest absolute Gasteiger partial charge is 0.311 e. The summed E-state index contributed by atoms with van der Waals surface area (Å²) in [6, 6.07) is 2.73. The van der Waals surface area contributed by atoms with Crippen LogP contribution in [-0.4, -0.2) is 16.6 Å². The maximum absolute atomic E-state index is 10.5. The summed E-state index contributed by atoms with van der Waals surface area (Å²) < 4.78 is 0. The fourth-order valence-electron chi connectivity index (χ4n) is 1.21. The molecule has 0 bridgehead atoms. The summed E-state index contributed by atoms with van der Waals surface area (Å²) in [7, 11) is 0. The van der Waals surface area contributed by atoms with Crippen molar-refractivity contribution >= 4 is 11.4 Å². The van der Waals surface area contributed by atoms with Crippen molar-refractivity contribution in [3.05, 3.63) is 27.8 Å². The fraction of sp³-hybridized carbons (Fsp3) is 0.333. The van der Waals surface area contributed by atoms with Crippen LogP contribution in [0.5, 0.6) is 5.75 Å². The number of nitro groups is 1. The number of nitrogens with one attached hydrogen (secondary N) is 1. The van der Waals surface area contributed by atoms with Crippen LogP contribution in [0.2, 0.25) is 0 Å². The van der Waals surface area contributed by atoms with Crippen molar-refractivity contribution in [2.75, 3.05) is 11.9 Å². The van der Waals surface area contributed by atoms with Crippen LogP contribution in [0.4, 0.5) is 11.4 Å². The monoisotopic (exact) mass is 196 g/mol. The van der Waals surface area contributed by atoms with Crippen molar-refractivity contribution in [2.24, 2.45) is 0 Å². The molecular formula is C9H12N2O3. The fourth-order valence-corrected chi connectivity index (χ4v) is 1.21. The number of nitro benzene ring substituents is 1. The lowest BCUT2D eigenvalue weighted by Crippen LogP contribution is -1.99. The minimum absolute atomic E-state index is 0.260. The Kier molecular flexibility index (Phi) is 2.91. The summed E-state index contributed by atoms with van der Waals surface area (Å²) in [5.74, 6) is -0.309. The second-order valence-electron chi connectivity index (χ2n) is 2.94. The second kappa shape index (κ2) is 3.95. The minimum Gasteiger partial charge on any atom is -0.502 e. The van der Waals surface area contributed by atoms with Crippen LogP contribution in [0.1, 0.15) is 12.5 Å². The molecule has 0 radical (unpaired) electrons. The normalized spacial score (nSPS) is 9.86. The van der Waals surface area contributed by atoms with E-state index in [-0.39, 0.29) is 11.4 Å². The number of phenols is 1. The number of rotatable bonds is 3. The van der Waals surface area contributed by atoms with Crippen LogP contribution in [0.3, 0.4) is 0 Å². The third kappa shape index (κ3) is 1.93. The van der Waals surface area contributed by atoms with Gasteiger partial charge in [-0.1, -0.05) is 0 Å². The van der Waals surface area contributed by atoms with E-state index < -0.39 is 4.92 Å². The van der Waals surface area contributed by atoms with Gasteiger partial charge in [0.25, 0.3) is 0 Å². The number of anilines is 1. The molecule has 5 nitrogen and oxygen atoms in total. The molecule has 0 amide bonds. The molecule has 0 saturated carbocycles. The quantitative estimate of drug-likeness (QED) is 0.573. The Morgan fingerprint density at radius 3 is 2.71 bits per heavy atom. The Bertz CT molecular complexity index is 363. The third-order valence-corrected chi connectivity index (χ3v) is 1.89. The molecule has 1 aromatic rings. The van der Waals surface area contributed by atoms with E-state index in [0.717, 1.165) is 11.3 Å². The lowest BCUT2D eigenvalue weighted by Gasteiger charge is -2.07. The van der Waals surface area contributed by atoms with Gasteiger partial charge in [-0.15, -0.1) is 0 Å². The lowest BCUT2D eigenvalue weighted by atomic mass is 10.1. The number of nitrogens with zero attached hydrogens (tertiary/aromatic N) is 1. The zero-order valence-electron chi connectivity index (χ0n) is 8.07. The van der Waals surface area contributed by atoms with Crippen LogP contribution in [0, 0.1) is 17.0 Å². The molecule has 1 rings (SSSR count). The second-order valence-corrected chi connectivity index (χ2v) is 2.94. The van der Waals surface area contributed by atoms with Gasteiger partial charge in [-0.3, -0.25) is 10.1 Å². The Morgan fingerprint density at radius 1 is 1.57 bits per heavy atom. The molecule has 1 aromatic carbocycles. The lowest BCUT2D eigenvalue weighted by molar-refractivity contribution is -0.385. The Hall–Kier alpha value is -1.78. The van der Waals surface area contributed by atoms with Crippen molar-refractivity contribution in [2.45, 2.75) is 13.8 Å². The number of phenolic OH excluding ortho intramolecular Hbond substituents is 1. The van der Waals surface area contributed by atoms with Crippen molar-refractivity contribution < 1.29 is 10.0 Å². The first-order valence-electron chi connectivity index (χ1n) is 4.28. The predicted molar refractivity (Wildman–Crippen MR) is 53.7 cm³/mol. The largest absolute Gasteiger partial charge is 0.502 e. The van der Waals surface area contributed by atoms with Gasteiger partial charge in [0, 0.05) is 24.4 Å². The Labute approximate surface area is 81.5 Å². The number of aryl methyl sites for hydroxylation is 1. The molecule has 0 atom stereocenters. The third-order valence-electron chi connectivity index (χ3n) is 1.89. The average molecular weight is 196 g/mol. The number of aromatic hydroxyl groups is 1. The number of hydrogen-bond donors (Lipinski definition) is 2. The van der Waals surface area contributed by atoms with Gasteiger partial charge in [0.1, 0.15) is 0 Å². The average Bonchev–Trinajstić information content (AvgIpc) is 2.10. The van der Waals surface area contributed by atoms with Crippen molar-refractivity contribution in [1.82, 2.24) is 0 Å². The first-order chi connectivity index (χ1) is 6.56. The first kappa shape index (κ1) is 10.3. The maximum atomic E-state index is 10.5. The molecule has 0 aromatic heterocycles. The summed E-state index contributed by atoms with van der Waals surface area (Å²) in [5.41, 5.74) is 1.20. The zero-order chi connectivity index (χ0) is 10.7. The van der Waals surface area contributed by atoms with E-state index in [2.05, 4.69) is 5.32 Å². The summed E-state index contributed by atoms with van der Waals surface area (Å²) in [4.78, 5) is 9.87. The highest BCUT2D eigenvalue weighted by atomic mass is 16.6. The van der Waals surface area contributed by atoms with Gasteiger partial charge >= 0.3 is 5.69 Å². The molecule has 2 N–H and O–H groups in total. The Morgan fingerprint density at radius 2 is 2.21 bits per heavy atom. The van der Waals surface area contributed by atoms with Gasteiger partial charge < -0.3 is 10.4 Å². The molecular weight excluding hydrogens is 184 g/mol. The van der Waals surface area contributed by atoms with Crippen LogP contribution in [0.25, 0.3) is 0 Å². The van der Waals surface area contributed by atoms with Crippen molar-refractivity contribution in [3.63, 3.8) is 0 Å². The van der Waals surface area contributed by atoms with E-state index in [4.69, 9.17) is 0 Å². The number of hydrogen-bond acceptors (Lipinski definition) is 4. The van der Waals surface area contributed by atoms with E-state index in [1.807, 2.05) is 6.92 Å². The van der Waals surface area contributed by atoms with Crippen molar-refractivity contribution in [3.8, 4) is 5.75 Å². The van der Waals surface area contributed by atoms with Gasteiger partial charge in [-0.2, -0.15) is 0 Å². The van der Waals surface area contributed by atoms with E-state index in [1.165, 1.54) is 12.1 Å². The highest BCUT2D eigenvalue weighted by Crippen LogP contribution is 2.31. The van der Waals surface area contributed by atoms with E-state index in [1.54, 1.807) is 6.92 Å². The van der Waals surface area contributed by atoms with E-state index in [9.17, 15) is 15.2 Å². The van der Waals surface area contributed by atoms with E-state index >= 15 is 0 Å². The van der Waals surface area contributed by atoms with Crippen molar-refractivity contribution in [1.29, 1.82) is 0 Å². The molecule has 0 aliphatic carbocycles. The molecule has 76 valence electrons. The zero-order valence-corrected chi connectivity index (χ0v) is 8.07. The molecule has 5 heteroatoms. The summed E-state index contributed by atoms with van der Waals surface area (Å²) >= 11 is 0. The molecule has 14 heavy (non-hydrogen) atoms. The number of benzene rings is 1. The van der Waals surface area contributed by atoms with E-state index in [0.29, 0.717) is 6.54 Å². The topological polar surface area (TPSA) is 75.4 Å². The molecule has 0 fully saturated rings. The molecule has 0 heterocycles. The standard InChI is InChI=1S/C9H12N2O3/c1-3-10-7-5-9(12)8(11(13)14)4-6(7)2/h4-5,10,12H,3H2,1-2H3. The van der Waals surface area contributed by atoms with Crippen LogP contribution >= 0.6 is 0 Å².